The van der Waals surface area contributed by atoms with E-state index in [0.717, 1.165) is 24.2 Å². The highest BCUT2D eigenvalue weighted by atomic mass is 16.5. The van der Waals surface area contributed by atoms with Crippen molar-refractivity contribution in [3.63, 3.8) is 0 Å². The number of hydrogen-bond acceptors (Lipinski definition) is 4. The van der Waals surface area contributed by atoms with Crippen LogP contribution >= 0.6 is 0 Å². The third-order valence-electron chi connectivity index (χ3n) is 3.60. The third-order valence-corrected chi connectivity index (χ3v) is 3.60. The monoisotopic (exact) mass is 289 g/mol. The molecule has 0 N–H and O–H groups in total. The fourth-order valence-corrected chi connectivity index (χ4v) is 2.38. The van der Waals surface area contributed by atoms with Gasteiger partial charge in [-0.25, -0.2) is 9.78 Å². The Labute approximate surface area is 125 Å². The molecule has 0 saturated carbocycles. The average Bonchev–Trinajstić information content (AvgIpc) is 2.91. The van der Waals surface area contributed by atoms with Gasteiger partial charge in [0.15, 0.2) is 11.5 Å². The number of methoxy groups -OCH3 is 1. The number of carbonyl (C=O) groups excluding carboxylic acids is 1. The maximum atomic E-state index is 11.5. The van der Waals surface area contributed by atoms with Crippen LogP contribution in [0.1, 0.15) is 61.7 Å². The Balaban J connectivity index is 1.91. The summed E-state index contributed by atoms with van der Waals surface area (Å²) in [6.45, 7) is 2.22. The zero-order valence-electron chi connectivity index (χ0n) is 12.9. The second-order valence-corrected chi connectivity index (χ2v) is 5.30. The summed E-state index contributed by atoms with van der Waals surface area (Å²) in [5.41, 5.74) is 1.94. The van der Waals surface area contributed by atoms with E-state index in [1.165, 1.54) is 39.2 Å². The second kappa shape index (κ2) is 7.81. The smallest absolute Gasteiger partial charge is 0.337 e. The Morgan fingerprint density at radius 1 is 1.19 bits per heavy atom. The number of ether oxygens (including phenoxy) is 1. The van der Waals surface area contributed by atoms with Gasteiger partial charge in [-0.1, -0.05) is 39.0 Å². The first-order valence-corrected chi connectivity index (χ1v) is 7.72. The number of aromatic nitrogens is 1. The van der Waals surface area contributed by atoms with E-state index in [4.69, 9.17) is 9.15 Å². The second-order valence-electron chi connectivity index (χ2n) is 5.30. The molecule has 0 aliphatic rings. The van der Waals surface area contributed by atoms with Crippen LogP contribution in [-0.2, 0) is 11.2 Å². The zero-order chi connectivity index (χ0) is 15.1. The minimum atomic E-state index is -0.356. The van der Waals surface area contributed by atoms with Crippen molar-refractivity contribution < 1.29 is 13.9 Å². The number of aryl methyl sites for hydroxylation is 1. The molecule has 0 bridgehead atoms. The van der Waals surface area contributed by atoms with Crippen LogP contribution in [0, 0.1) is 0 Å². The van der Waals surface area contributed by atoms with Crippen molar-refractivity contribution in [2.45, 2.75) is 51.9 Å². The number of benzene rings is 1. The summed E-state index contributed by atoms with van der Waals surface area (Å²) in [6.07, 6.45) is 8.35. The minimum absolute atomic E-state index is 0.356. The van der Waals surface area contributed by atoms with Crippen LogP contribution in [0.3, 0.4) is 0 Å². The first kappa shape index (κ1) is 15.5. The molecule has 0 amide bonds. The number of nitrogens with zero attached hydrogens (tertiary/aromatic N) is 1. The molecule has 0 aliphatic heterocycles. The molecule has 2 aromatic rings. The number of unbranched alkanes of at least 4 members (excludes halogenated alkanes) is 5. The van der Waals surface area contributed by atoms with E-state index in [1.54, 1.807) is 18.2 Å². The largest absolute Gasteiger partial charge is 0.465 e. The quantitative estimate of drug-likeness (QED) is 0.529. The molecule has 0 radical (unpaired) electrons. The predicted octanol–water partition coefficient (Wildman–Crippen LogP) is 4.52. The standard InChI is InChI=1S/C17H23NO3/c1-3-4-5-6-7-8-9-16-18-14-11-10-13(17(19)20-2)12-15(14)21-16/h10-12H,3-9H2,1-2H3. The molecule has 114 valence electrons. The van der Waals surface area contributed by atoms with Crippen LogP contribution in [0.15, 0.2) is 22.6 Å². The fraction of sp³-hybridized carbons (Fsp3) is 0.529. The molecule has 2 rings (SSSR count). The highest BCUT2D eigenvalue weighted by Gasteiger charge is 2.10. The van der Waals surface area contributed by atoms with E-state index >= 15 is 0 Å². The molecular formula is C17H23NO3. The van der Waals surface area contributed by atoms with Crippen molar-refractivity contribution in [3.8, 4) is 0 Å². The van der Waals surface area contributed by atoms with Gasteiger partial charge in [-0.05, 0) is 24.6 Å². The summed E-state index contributed by atoms with van der Waals surface area (Å²) in [4.78, 5) is 15.9. The number of esters is 1. The van der Waals surface area contributed by atoms with Crippen molar-refractivity contribution in [1.29, 1.82) is 0 Å². The van der Waals surface area contributed by atoms with Crippen LogP contribution in [0.4, 0.5) is 0 Å². The fourth-order valence-electron chi connectivity index (χ4n) is 2.38. The number of carbonyl (C=O) groups is 1. The average molecular weight is 289 g/mol. The van der Waals surface area contributed by atoms with Gasteiger partial charge in [0.25, 0.3) is 0 Å². The topological polar surface area (TPSA) is 52.3 Å². The molecule has 1 aromatic carbocycles. The Bertz CT molecular complexity index is 589. The SMILES string of the molecule is CCCCCCCCc1nc2ccc(C(=O)OC)cc2o1. The molecule has 4 nitrogen and oxygen atoms in total. The van der Waals surface area contributed by atoms with Crippen LogP contribution < -0.4 is 0 Å². The van der Waals surface area contributed by atoms with E-state index < -0.39 is 0 Å². The van der Waals surface area contributed by atoms with E-state index in [-0.39, 0.29) is 5.97 Å². The Morgan fingerprint density at radius 3 is 2.71 bits per heavy atom. The Kier molecular flexibility index (Phi) is 5.78. The van der Waals surface area contributed by atoms with Gasteiger partial charge in [0.05, 0.1) is 12.7 Å². The number of hydrogen-bond donors (Lipinski definition) is 0. The summed E-state index contributed by atoms with van der Waals surface area (Å²) in [5.74, 6) is 0.397. The molecule has 1 heterocycles. The Hall–Kier alpha value is -1.84. The van der Waals surface area contributed by atoms with Crippen molar-refractivity contribution in [3.05, 3.63) is 29.7 Å². The third kappa shape index (κ3) is 4.31. The van der Waals surface area contributed by atoms with Gasteiger partial charge in [0.1, 0.15) is 5.52 Å². The molecule has 0 aliphatic carbocycles. The summed E-state index contributed by atoms with van der Waals surface area (Å²) in [7, 11) is 1.37. The van der Waals surface area contributed by atoms with Gasteiger partial charge in [-0.3, -0.25) is 0 Å². The number of fused-ring (bicyclic) bond motifs is 1. The molecule has 0 spiro atoms. The lowest BCUT2D eigenvalue weighted by Gasteiger charge is -1.98. The van der Waals surface area contributed by atoms with E-state index in [1.807, 2.05) is 0 Å². The minimum Gasteiger partial charge on any atom is -0.465 e. The molecule has 0 unspecified atom stereocenters. The van der Waals surface area contributed by atoms with Gasteiger partial charge < -0.3 is 9.15 Å². The maximum absolute atomic E-state index is 11.5. The molecule has 0 fully saturated rings. The van der Waals surface area contributed by atoms with E-state index in [2.05, 4.69) is 11.9 Å². The molecule has 0 atom stereocenters. The summed E-state index contributed by atoms with van der Waals surface area (Å²) >= 11 is 0. The first-order chi connectivity index (χ1) is 10.2. The molecular weight excluding hydrogens is 266 g/mol. The molecule has 4 heteroatoms. The van der Waals surface area contributed by atoms with Crippen LogP contribution in [0.25, 0.3) is 11.1 Å². The first-order valence-electron chi connectivity index (χ1n) is 7.72. The van der Waals surface area contributed by atoms with Crippen molar-refractivity contribution >= 4 is 17.1 Å². The van der Waals surface area contributed by atoms with Crippen molar-refractivity contribution in [1.82, 2.24) is 4.98 Å². The zero-order valence-corrected chi connectivity index (χ0v) is 12.9. The highest BCUT2D eigenvalue weighted by molar-refractivity contribution is 5.93. The molecule has 21 heavy (non-hydrogen) atoms. The van der Waals surface area contributed by atoms with Crippen LogP contribution in [0.2, 0.25) is 0 Å². The van der Waals surface area contributed by atoms with Crippen LogP contribution in [-0.4, -0.2) is 18.1 Å². The van der Waals surface area contributed by atoms with Gasteiger partial charge in [-0.15, -0.1) is 0 Å². The van der Waals surface area contributed by atoms with E-state index in [9.17, 15) is 4.79 Å². The lowest BCUT2D eigenvalue weighted by molar-refractivity contribution is 0.0601. The number of rotatable bonds is 8. The Morgan fingerprint density at radius 2 is 1.95 bits per heavy atom. The van der Waals surface area contributed by atoms with Gasteiger partial charge >= 0.3 is 5.97 Å². The molecule has 0 saturated heterocycles. The van der Waals surface area contributed by atoms with Crippen molar-refractivity contribution in [2.75, 3.05) is 7.11 Å². The predicted molar refractivity (Wildman–Crippen MR) is 82.4 cm³/mol. The normalized spacial score (nSPS) is 11.0. The van der Waals surface area contributed by atoms with Gasteiger partial charge in [0.2, 0.25) is 0 Å². The summed E-state index contributed by atoms with van der Waals surface area (Å²) < 4.78 is 10.4. The van der Waals surface area contributed by atoms with E-state index in [0.29, 0.717) is 11.1 Å². The highest BCUT2D eigenvalue weighted by Crippen LogP contribution is 2.19. The summed E-state index contributed by atoms with van der Waals surface area (Å²) in [6, 6.07) is 5.21. The number of oxazole rings is 1. The lowest BCUT2D eigenvalue weighted by atomic mass is 10.1. The van der Waals surface area contributed by atoms with Gasteiger partial charge in [0, 0.05) is 6.42 Å². The van der Waals surface area contributed by atoms with Crippen molar-refractivity contribution in [2.24, 2.45) is 0 Å². The molecule has 1 aromatic heterocycles. The maximum Gasteiger partial charge on any atom is 0.337 e. The van der Waals surface area contributed by atoms with Crippen LogP contribution in [0.5, 0.6) is 0 Å². The lowest BCUT2D eigenvalue weighted by Crippen LogP contribution is -2.00. The summed E-state index contributed by atoms with van der Waals surface area (Å²) in [5, 5.41) is 0. The van der Waals surface area contributed by atoms with Gasteiger partial charge in [-0.2, -0.15) is 0 Å².